The van der Waals surface area contributed by atoms with Gasteiger partial charge < -0.3 is 18.0 Å². The molecule has 0 fully saturated rings. The second-order valence-corrected chi connectivity index (χ2v) is 7.42. The Morgan fingerprint density at radius 3 is 1.47 bits per heavy atom. The molecule has 0 atom stereocenters. The molecule has 0 saturated heterocycles. The summed E-state index contributed by atoms with van der Waals surface area (Å²) in [6.45, 7) is 14.1. The van der Waals surface area contributed by atoms with Crippen LogP contribution in [0.15, 0.2) is 12.4 Å². The minimum Gasteiger partial charge on any atom is -0.362 e. The molecule has 1 aliphatic rings. The molecule has 0 aliphatic carbocycles. The van der Waals surface area contributed by atoms with Gasteiger partial charge in [0.2, 0.25) is 0 Å². The standard InChI is InChI=1S/C12H26N2O2Si/c1-7-15-17(16-8-2)13(11(3)4)9-10-14(17)12(5)6/h9-12H,7-8H2,1-6H3. The second-order valence-electron chi connectivity index (χ2n) is 4.71. The van der Waals surface area contributed by atoms with Crippen LogP contribution in [0.4, 0.5) is 0 Å². The average Bonchev–Trinajstić information content (AvgIpc) is 2.58. The summed E-state index contributed by atoms with van der Waals surface area (Å²) in [6, 6.07) is 0.777. The zero-order valence-corrected chi connectivity index (χ0v) is 12.9. The highest BCUT2D eigenvalue weighted by atomic mass is 28.4. The Balaban J connectivity index is 3.04. The molecule has 0 aromatic carbocycles. The normalized spacial score (nSPS) is 18.8. The van der Waals surface area contributed by atoms with Crippen LogP contribution in [0.2, 0.25) is 0 Å². The zero-order chi connectivity index (χ0) is 13.1. The van der Waals surface area contributed by atoms with Crippen LogP contribution in [0, 0.1) is 0 Å². The van der Waals surface area contributed by atoms with Crippen molar-refractivity contribution in [3.05, 3.63) is 12.4 Å². The largest absolute Gasteiger partial charge is 0.588 e. The Bertz CT molecular complexity index is 243. The summed E-state index contributed by atoms with van der Waals surface area (Å²) in [4.78, 5) is 0. The van der Waals surface area contributed by atoms with Gasteiger partial charge in [-0.1, -0.05) is 0 Å². The summed E-state index contributed by atoms with van der Waals surface area (Å²) in [6.07, 6.45) is 4.23. The van der Waals surface area contributed by atoms with Crippen molar-refractivity contribution < 1.29 is 8.85 Å². The molecule has 4 nitrogen and oxygen atoms in total. The highest BCUT2D eigenvalue weighted by molar-refractivity contribution is 6.63. The van der Waals surface area contributed by atoms with E-state index in [0.717, 1.165) is 0 Å². The van der Waals surface area contributed by atoms with E-state index in [-0.39, 0.29) is 0 Å². The van der Waals surface area contributed by atoms with Crippen molar-refractivity contribution in [1.82, 2.24) is 9.13 Å². The van der Waals surface area contributed by atoms with Crippen LogP contribution in [0.3, 0.4) is 0 Å². The van der Waals surface area contributed by atoms with E-state index in [0.29, 0.717) is 25.3 Å². The minimum atomic E-state index is -2.46. The van der Waals surface area contributed by atoms with Crippen molar-refractivity contribution >= 4 is 8.88 Å². The molecule has 1 rings (SSSR count). The van der Waals surface area contributed by atoms with Crippen molar-refractivity contribution in [2.45, 2.75) is 53.6 Å². The summed E-state index contributed by atoms with van der Waals surface area (Å²) in [7, 11) is -2.46. The first-order chi connectivity index (χ1) is 7.99. The molecular weight excluding hydrogens is 232 g/mol. The number of rotatable bonds is 6. The third-order valence-electron chi connectivity index (χ3n) is 2.82. The van der Waals surface area contributed by atoms with E-state index in [2.05, 4.69) is 49.2 Å². The summed E-state index contributed by atoms with van der Waals surface area (Å²) in [5.41, 5.74) is 0. The van der Waals surface area contributed by atoms with Crippen LogP contribution >= 0.6 is 0 Å². The van der Waals surface area contributed by atoms with Crippen LogP contribution in [-0.4, -0.2) is 43.3 Å². The highest BCUT2D eigenvalue weighted by Crippen LogP contribution is 2.29. The summed E-state index contributed by atoms with van der Waals surface area (Å²) < 4.78 is 16.7. The quantitative estimate of drug-likeness (QED) is 0.683. The average molecular weight is 258 g/mol. The Morgan fingerprint density at radius 1 is 0.882 bits per heavy atom. The predicted octanol–water partition coefficient (Wildman–Crippen LogP) is 2.40. The molecule has 0 radical (unpaired) electrons. The lowest BCUT2D eigenvalue weighted by Crippen LogP contribution is -2.66. The molecule has 0 bridgehead atoms. The fourth-order valence-corrected chi connectivity index (χ4v) is 5.69. The molecule has 0 aromatic heterocycles. The first kappa shape index (κ1) is 14.5. The van der Waals surface area contributed by atoms with E-state index in [4.69, 9.17) is 8.85 Å². The topological polar surface area (TPSA) is 24.9 Å². The molecule has 0 saturated carbocycles. The van der Waals surface area contributed by atoms with E-state index in [1.807, 2.05) is 13.8 Å². The lowest BCUT2D eigenvalue weighted by molar-refractivity contribution is 0.0863. The molecule has 17 heavy (non-hydrogen) atoms. The maximum absolute atomic E-state index is 6.08. The van der Waals surface area contributed by atoms with Crippen LogP contribution in [0.1, 0.15) is 41.5 Å². The molecule has 0 N–H and O–H groups in total. The van der Waals surface area contributed by atoms with Crippen LogP contribution < -0.4 is 0 Å². The molecule has 1 aliphatic heterocycles. The third-order valence-corrected chi connectivity index (χ3v) is 6.78. The van der Waals surface area contributed by atoms with E-state index in [1.54, 1.807) is 0 Å². The van der Waals surface area contributed by atoms with Crippen LogP contribution in [0.25, 0.3) is 0 Å². The molecule has 0 aromatic rings. The Morgan fingerprint density at radius 2 is 1.24 bits per heavy atom. The maximum Gasteiger partial charge on any atom is 0.588 e. The highest BCUT2D eigenvalue weighted by Gasteiger charge is 2.55. The number of hydrogen-bond donors (Lipinski definition) is 0. The SMILES string of the molecule is CCO[Si]1(OCC)N(C(C)C)C=CN1C(C)C. The van der Waals surface area contributed by atoms with E-state index in [1.165, 1.54) is 0 Å². The second kappa shape index (κ2) is 5.89. The first-order valence-corrected chi connectivity index (χ1v) is 8.23. The summed E-state index contributed by atoms with van der Waals surface area (Å²) >= 11 is 0. The fourth-order valence-electron chi connectivity index (χ4n) is 2.18. The van der Waals surface area contributed by atoms with Gasteiger partial charge in [0.15, 0.2) is 0 Å². The van der Waals surface area contributed by atoms with Gasteiger partial charge in [0.1, 0.15) is 0 Å². The monoisotopic (exact) mass is 258 g/mol. The van der Waals surface area contributed by atoms with Crippen LogP contribution in [-0.2, 0) is 8.85 Å². The van der Waals surface area contributed by atoms with Crippen molar-refractivity contribution in [2.75, 3.05) is 13.2 Å². The molecule has 0 unspecified atom stereocenters. The maximum atomic E-state index is 6.08. The van der Waals surface area contributed by atoms with Crippen molar-refractivity contribution in [1.29, 1.82) is 0 Å². The molecular formula is C12H26N2O2Si. The van der Waals surface area contributed by atoms with E-state index in [9.17, 15) is 0 Å². The van der Waals surface area contributed by atoms with Gasteiger partial charge in [0, 0.05) is 37.7 Å². The van der Waals surface area contributed by atoms with Gasteiger partial charge in [-0.25, -0.2) is 0 Å². The van der Waals surface area contributed by atoms with E-state index >= 15 is 0 Å². The van der Waals surface area contributed by atoms with Gasteiger partial charge in [-0.2, -0.15) is 0 Å². The minimum absolute atomic E-state index is 0.389. The number of hydrogen-bond acceptors (Lipinski definition) is 4. The molecule has 0 spiro atoms. The van der Waals surface area contributed by atoms with Crippen molar-refractivity contribution in [3.63, 3.8) is 0 Å². The third kappa shape index (κ3) is 2.67. The first-order valence-electron chi connectivity index (χ1n) is 6.52. The van der Waals surface area contributed by atoms with Gasteiger partial charge in [-0.15, -0.1) is 0 Å². The number of nitrogens with zero attached hydrogens (tertiary/aromatic N) is 2. The van der Waals surface area contributed by atoms with Gasteiger partial charge in [0.25, 0.3) is 0 Å². The summed E-state index contributed by atoms with van der Waals surface area (Å²) in [5.74, 6) is 0. The molecule has 1 heterocycles. The fraction of sp³-hybridized carbons (Fsp3) is 0.833. The predicted molar refractivity (Wildman–Crippen MR) is 72.1 cm³/mol. The van der Waals surface area contributed by atoms with Gasteiger partial charge in [-0.05, 0) is 41.5 Å². The Hall–Kier alpha value is -0.523. The Labute approximate surface area is 107 Å². The molecule has 5 heteroatoms. The molecule has 0 amide bonds. The van der Waals surface area contributed by atoms with Crippen LogP contribution in [0.5, 0.6) is 0 Å². The zero-order valence-electron chi connectivity index (χ0n) is 11.9. The van der Waals surface area contributed by atoms with E-state index < -0.39 is 8.88 Å². The molecule has 100 valence electrons. The Kier molecular flexibility index (Phi) is 5.03. The lowest BCUT2D eigenvalue weighted by Gasteiger charge is -2.42. The van der Waals surface area contributed by atoms with Gasteiger partial charge in [0.05, 0.1) is 0 Å². The van der Waals surface area contributed by atoms with Crippen molar-refractivity contribution in [3.8, 4) is 0 Å². The van der Waals surface area contributed by atoms with Gasteiger partial charge in [-0.3, -0.25) is 0 Å². The van der Waals surface area contributed by atoms with Gasteiger partial charge >= 0.3 is 8.88 Å². The smallest absolute Gasteiger partial charge is 0.362 e. The summed E-state index contributed by atoms with van der Waals surface area (Å²) in [5, 5.41) is 0. The van der Waals surface area contributed by atoms with Crippen molar-refractivity contribution in [2.24, 2.45) is 0 Å². The lowest BCUT2D eigenvalue weighted by atomic mass is 10.4.